The van der Waals surface area contributed by atoms with Crippen molar-refractivity contribution in [1.29, 1.82) is 0 Å². The maximum Gasteiger partial charge on any atom is 0.127 e. The van der Waals surface area contributed by atoms with Gasteiger partial charge in [0.1, 0.15) is 11.5 Å². The van der Waals surface area contributed by atoms with Gasteiger partial charge in [0, 0.05) is 24.7 Å². The fraction of sp³-hybridized carbons (Fsp3) is 0.526. The van der Waals surface area contributed by atoms with Crippen LogP contribution in [0.5, 0.6) is 11.5 Å². The first-order chi connectivity index (χ1) is 11.8. The summed E-state index contributed by atoms with van der Waals surface area (Å²) >= 11 is 0. The summed E-state index contributed by atoms with van der Waals surface area (Å²) in [6.07, 6.45) is 5.42. The van der Waals surface area contributed by atoms with Crippen LogP contribution in [0.4, 0.5) is 0 Å². The van der Waals surface area contributed by atoms with Crippen molar-refractivity contribution in [2.24, 2.45) is 0 Å². The largest absolute Gasteiger partial charge is 0.496 e. The van der Waals surface area contributed by atoms with Gasteiger partial charge >= 0.3 is 0 Å². The Morgan fingerprint density at radius 2 is 2.00 bits per heavy atom. The molecule has 24 heavy (non-hydrogen) atoms. The second kappa shape index (κ2) is 7.71. The highest BCUT2D eigenvalue weighted by atomic mass is 16.5. The molecule has 1 aliphatic heterocycles. The molecule has 0 amide bonds. The van der Waals surface area contributed by atoms with E-state index < -0.39 is 0 Å². The van der Waals surface area contributed by atoms with Gasteiger partial charge in [-0.25, -0.2) is 0 Å². The van der Waals surface area contributed by atoms with E-state index in [1.807, 2.05) is 24.4 Å². The quantitative estimate of drug-likeness (QED) is 0.883. The Morgan fingerprint density at radius 1 is 1.25 bits per heavy atom. The lowest BCUT2D eigenvalue weighted by Crippen LogP contribution is -2.34. The SMILES string of the molecule is CCc1cn[nH]c1C1CCCN(Cc2c(OC)cccc2OC)C1. The number of hydrogen-bond acceptors (Lipinski definition) is 4. The molecule has 0 saturated carbocycles. The molecule has 1 unspecified atom stereocenters. The minimum absolute atomic E-state index is 0.525. The summed E-state index contributed by atoms with van der Waals surface area (Å²) in [6.45, 7) is 5.18. The first-order valence-electron chi connectivity index (χ1n) is 8.71. The lowest BCUT2D eigenvalue weighted by Gasteiger charge is -2.33. The summed E-state index contributed by atoms with van der Waals surface area (Å²) in [7, 11) is 3.44. The molecule has 1 saturated heterocycles. The normalized spacial score (nSPS) is 18.5. The molecule has 2 heterocycles. The van der Waals surface area contributed by atoms with Gasteiger partial charge in [-0.3, -0.25) is 10.00 Å². The number of aryl methyl sites for hydroxylation is 1. The minimum atomic E-state index is 0.525. The van der Waals surface area contributed by atoms with Crippen molar-refractivity contribution in [3.8, 4) is 11.5 Å². The second-order valence-electron chi connectivity index (χ2n) is 6.38. The zero-order valence-corrected chi connectivity index (χ0v) is 14.8. The van der Waals surface area contributed by atoms with Crippen LogP contribution in [0.3, 0.4) is 0 Å². The molecule has 1 atom stereocenters. The van der Waals surface area contributed by atoms with Crippen molar-refractivity contribution in [1.82, 2.24) is 15.1 Å². The Bertz CT molecular complexity index is 646. The lowest BCUT2D eigenvalue weighted by atomic mass is 9.91. The van der Waals surface area contributed by atoms with Crippen LogP contribution in [0.15, 0.2) is 24.4 Å². The molecular weight excluding hydrogens is 302 g/mol. The fourth-order valence-electron chi connectivity index (χ4n) is 3.70. The molecular formula is C19H27N3O2. The van der Waals surface area contributed by atoms with Gasteiger partial charge < -0.3 is 9.47 Å². The third kappa shape index (κ3) is 3.41. The number of nitrogens with zero attached hydrogens (tertiary/aromatic N) is 2. The summed E-state index contributed by atoms with van der Waals surface area (Å²) in [6, 6.07) is 5.98. The number of piperidine rings is 1. The summed E-state index contributed by atoms with van der Waals surface area (Å²) in [5.74, 6) is 2.32. The molecule has 1 aromatic carbocycles. The molecule has 130 valence electrons. The van der Waals surface area contributed by atoms with Gasteiger partial charge in [0.25, 0.3) is 0 Å². The molecule has 5 heteroatoms. The Hall–Kier alpha value is -2.01. The Kier molecular flexibility index (Phi) is 5.41. The van der Waals surface area contributed by atoms with Crippen LogP contribution < -0.4 is 9.47 Å². The van der Waals surface area contributed by atoms with Crippen molar-refractivity contribution in [2.75, 3.05) is 27.3 Å². The standard InChI is InChI=1S/C19H27N3O2/c1-4-14-11-20-21-19(14)15-7-6-10-22(12-15)13-16-17(23-2)8-5-9-18(16)24-3/h5,8-9,11,15H,4,6-7,10,12-13H2,1-3H3,(H,20,21). The number of H-pyrrole nitrogens is 1. The molecule has 2 aromatic rings. The van der Waals surface area contributed by atoms with Gasteiger partial charge in [0.15, 0.2) is 0 Å². The number of benzene rings is 1. The number of aromatic amines is 1. The number of rotatable bonds is 6. The number of aromatic nitrogens is 2. The van der Waals surface area contributed by atoms with Crippen LogP contribution in [-0.2, 0) is 13.0 Å². The zero-order chi connectivity index (χ0) is 16.9. The van der Waals surface area contributed by atoms with Gasteiger partial charge in [0.05, 0.1) is 26.0 Å². The second-order valence-corrected chi connectivity index (χ2v) is 6.38. The third-order valence-electron chi connectivity index (χ3n) is 4.96. The van der Waals surface area contributed by atoms with E-state index in [1.165, 1.54) is 24.1 Å². The highest BCUT2D eigenvalue weighted by Gasteiger charge is 2.25. The average Bonchev–Trinajstić information content (AvgIpc) is 3.11. The molecule has 1 fully saturated rings. The molecule has 0 aliphatic carbocycles. The van der Waals surface area contributed by atoms with Gasteiger partial charge in [-0.05, 0) is 43.5 Å². The molecule has 1 aliphatic rings. The summed E-state index contributed by atoms with van der Waals surface area (Å²) in [5, 5.41) is 7.48. The average molecular weight is 329 g/mol. The van der Waals surface area contributed by atoms with Gasteiger partial charge in [-0.2, -0.15) is 5.10 Å². The van der Waals surface area contributed by atoms with E-state index in [4.69, 9.17) is 9.47 Å². The fourth-order valence-corrected chi connectivity index (χ4v) is 3.70. The number of methoxy groups -OCH3 is 2. The minimum Gasteiger partial charge on any atom is -0.496 e. The van der Waals surface area contributed by atoms with E-state index in [-0.39, 0.29) is 0 Å². The number of likely N-dealkylation sites (tertiary alicyclic amines) is 1. The van der Waals surface area contributed by atoms with Crippen molar-refractivity contribution in [3.63, 3.8) is 0 Å². The van der Waals surface area contributed by atoms with Crippen molar-refractivity contribution < 1.29 is 9.47 Å². The Morgan fingerprint density at radius 3 is 2.67 bits per heavy atom. The van der Waals surface area contributed by atoms with Crippen LogP contribution in [0.1, 0.15) is 42.5 Å². The molecule has 0 spiro atoms. The van der Waals surface area contributed by atoms with E-state index in [1.54, 1.807) is 14.2 Å². The van der Waals surface area contributed by atoms with Gasteiger partial charge in [-0.1, -0.05) is 13.0 Å². The Balaban J connectivity index is 1.77. The monoisotopic (exact) mass is 329 g/mol. The summed E-state index contributed by atoms with van der Waals surface area (Å²) in [5.41, 5.74) is 3.79. The van der Waals surface area contributed by atoms with Crippen molar-refractivity contribution in [2.45, 2.75) is 38.6 Å². The van der Waals surface area contributed by atoms with Crippen LogP contribution in [0, 0.1) is 0 Å². The van der Waals surface area contributed by atoms with Crippen molar-refractivity contribution >= 4 is 0 Å². The summed E-state index contributed by atoms with van der Waals surface area (Å²) < 4.78 is 11.1. The number of hydrogen-bond donors (Lipinski definition) is 1. The van der Waals surface area contributed by atoms with Crippen LogP contribution in [0.2, 0.25) is 0 Å². The maximum atomic E-state index is 5.54. The predicted molar refractivity (Wildman–Crippen MR) is 94.8 cm³/mol. The van der Waals surface area contributed by atoms with E-state index in [0.717, 1.165) is 43.1 Å². The molecule has 1 N–H and O–H groups in total. The molecule has 0 radical (unpaired) electrons. The first kappa shape index (κ1) is 16.8. The zero-order valence-electron chi connectivity index (χ0n) is 14.8. The number of ether oxygens (including phenoxy) is 2. The van der Waals surface area contributed by atoms with Gasteiger partial charge in [-0.15, -0.1) is 0 Å². The lowest BCUT2D eigenvalue weighted by molar-refractivity contribution is 0.193. The van der Waals surface area contributed by atoms with Crippen LogP contribution in [-0.4, -0.2) is 42.4 Å². The van der Waals surface area contributed by atoms with Gasteiger partial charge in [0.2, 0.25) is 0 Å². The topological polar surface area (TPSA) is 50.4 Å². The number of nitrogens with one attached hydrogen (secondary N) is 1. The van der Waals surface area contributed by atoms with E-state index in [9.17, 15) is 0 Å². The van der Waals surface area contributed by atoms with Crippen LogP contribution >= 0.6 is 0 Å². The molecule has 0 bridgehead atoms. The maximum absolute atomic E-state index is 5.54. The first-order valence-corrected chi connectivity index (χ1v) is 8.71. The highest BCUT2D eigenvalue weighted by Crippen LogP contribution is 2.33. The van der Waals surface area contributed by atoms with E-state index in [0.29, 0.717) is 5.92 Å². The van der Waals surface area contributed by atoms with Crippen LogP contribution in [0.25, 0.3) is 0 Å². The Labute approximate surface area is 144 Å². The molecule has 1 aromatic heterocycles. The van der Waals surface area contributed by atoms with E-state index >= 15 is 0 Å². The summed E-state index contributed by atoms with van der Waals surface area (Å²) in [4.78, 5) is 2.49. The van der Waals surface area contributed by atoms with Crippen molar-refractivity contribution in [3.05, 3.63) is 41.2 Å². The molecule has 5 nitrogen and oxygen atoms in total. The third-order valence-corrected chi connectivity index (χ3v) is 4.96. The predicted octanol–water partition coefficient (Wildman–Crippen LogP) is 3.37. The molecule has 3 rings (SSSR count). The highest BCUT2D eigenvalue weighted by molar-refractivity contribution is 5.44. The van der Waals surface area contributed by atoms with E-state index in [2.05, 4.69) is 22.0 Å². The smallest absolute Gasteiger partial charge is 0.127 e.